The maximum atomic E-state index is 11.0. The van der Waals surface area contributed by atoms with Gasteiger partial charge in [-0.05, 0) is 35.9 Å². The van der Waals surface area contributed by atoms with Crippen LogP contribution in [0.5, 0.6) is 5.75 Å². The summed E-state index contributed by atoms with van der Waals surface area (Å²) in [4.78, 5) is 11.0. The smallest absolute Gasteiger partial charge is 0.337 e. The lowest BCUT2D eigenvalue weighted by Gasteiger charge is -2.09. The van der Waals surface area contributed by atoms with Crippen LogP contribution in [0.15, 0.2) is 42.5 Å². The van der Waals surface area contributed by atoms with E-state index in [1.165, 1.54) is 6.07 Å². The van der Waals surface area contributed by atoms with E-state index < -0.39 is 5.97 Å². The topological polar surface area (TPSA) is 58.6 Å². The quantitative estimate of drug-likeness (QED) is 0.882. The molecule has 0 heterocycles. The molecule has 0 aliphatic heterocycles. The van der Waals surface area contributed by atoms with Gasteiger partial charge in [-0.25, -0.2) is 4.79 Å². The van der Waals surface area contributed by atoms with Crippen LogP contribution in [0, 0.1) is 0 Å². The second kappa shape index (κ2) is 6.30. The Labute approximate surface area is 122 Å². The van der Waals surface area contributed by atoms with Crippen LogP contribution in [0.2, 0.25) is 5.02 Å². The number of ether oxygens (including phenoxy) is 1. The molecule has 0 spiro atoms. The average Bonchev–Trinajstić information content (AvgIpc) is 2.46. The Morgan fingerprint density at radius 1 is 1.30 bits per heavy atom. The van der Waals surface area contributed by atoms with Crippen LogP contribution in [0.4, 0.5) is 5.69 Å². The Bertz CT molecular complexity index is 628. The number of carboxylic acid groups (broad SMARTS) is 1. The summed E-state index contributed by atoms with van der Waals surface area (Å²) in [5.41, 5.74) is 1.83. The Morgan fingerprint density at radius 3 is 2.80 bits per heavy atom. The van der Waals surface area contributed by atoms with Gasteiger partial charge in [0.15, 0.2) is 0 Å². The van der Waals surface area contributed by atoms with Gasteiger partial charge < -0.3 is 15.2 Å². The van der Waals surface area contributed by atoms with Gasteiger partial charge in [-0.3, -0.25) is 0 Å². The van der Waals surface area contributed by atoms with Gasteiger partial charge in [0.1, 0.15) is 5.75 Å². The number of halogens is 1. The monoisotopic (exact) mass is 291 g/mol. The molecule has 0 aliphatic carbocycles. The third-order valence-corrected chi connectivity index (χ3v) is 3.16. The summed E-state index contributed by atoms with van der Waals surface area (Å²) in [7, 11) is 1.62. The number of nitrogens with one attached hydrogen (secondary N) is 1. The first-order valence-electron chi connectivity index (χ1n) is 6.00. The van der Waals surface area contributed by atoms with E-state index in [0.29, 0.717) is 12.2 Å². The SMILES string of the molecule is COc1cccc(CNc2ccc(Cl)c(C(=O)O)c2)c1. The minimum absolute atomic E-state index is 0.0855. The van der Waals surface area contributed by atoms with E-state index in [4.69, 9.17) is 21.4 Å². The fraction of sp³-hybridized carbons (Fsp3) is 0.133. The summed E-state index contributed by atoms with van der Waals surface area (Å²) < 4.78 is 5.15. The minimum atomic E-state index is -1.04. The van der Waals surface area contributed by atoms with Crippen molar-refractivity contribution in [3.05, 3.63) is 58.6 Å². The Kier molecular flexibility index (Phi) is 4.48. The standard InChI is InChI=1S/C15H14ClNO3/c1-20-12-4-2-3-10(7-12)9-17-11-5-6-14(16)13(8-11)15(18)19/h2-8,17H,9H2,1H3,(H,18,19). The minimum Gasteiger partial charge on any atom is -0.497 e. The molecule has 0 unspecified atom stereocenters. The van der Waals surface area contributed by atoms with Crippen molar-refractivity contribution in [1.29, 1.82) is 0 Å². The number of anilines is 1. The lowest BCUT2D eigenvalue weighted by Crippen LogP contribution is -2.03. The van der Waals surface area contributed by atoms with Crippen molar-refractivity contribution in [2.75, 3.05) is 12.4 Å². The van der Waals surface area contributed by atoms with Crippen LogP contribution in [0.1, 0.15) is 15.9 Å². The number of aromatic carboxylic acids is 1. The van der Waals surface area contributed by atoms with Gasteiger partial charge in [-0.1, -0.05) is 23.7 Å². The van der Waals surface area contributed by atoms with Gasteiger partial charge in [0.25, 0.3) is 0 Å². The number of rotatable bonds is 5. The van der Waals surface area contributed by atoms with Gasteiger partial charge in [0.2, 0.25) is 0 Å². The van der Waals surface area contributed by atoms with E-state index >= 15 is 0 Å². The molecule has 2 aromatic carbocycles. The van der Waals surface area contributed by atoms with Crippen molar-refractivity contribution in [2.24, 2.45) is 0 Å². The highest BCUT2D eigenvalue weighted by atomic mass is 35.5. The molecule has 2 rings (SSSR count). The van der Waals surface area contributed by atoms with E-state index in [2.05, 4.69) is 5.32 Å². The van der Waals surface area contributed by atoms with E-state index in [1.807, 2.05) is 24.3 Å². The molecule has 104 valence electrons. The molecule has 0 amide bonds. The molecule has 0 atom stereocenters. The highest BCUT2D eigenvalue weighted by Gasteiger charge is 2.09. The number of benzene rings is 2. The number of hydrogen-bond acceptors (Lipinski definition) is 3. The van der Waals surface area contributed by atoms with Crippen LogP contribution in [0.25, 0.3) is 0 Å². The molecule has 0 bridgehead atoms. The highest BCUT2D eigenvalue weighted by Crippen LogP contribution is 2.21. The third kappa shape index (κ3) is 3.42. The fourth-order valence-electron chi connectivity index (χ4n) is 1.79. The predicted octanol–water partition coefficient (Wildman–Crippen LogP) is 3.66. The van der Waals surface area contributed by atoms with E-state index in [1.54, 1.807) is 19.2 Å². The van der Waals surface area contributed by atoms with Crippen molar-refractivity contribution in [1.82, 2.24) is 0 Å². The lowest BCUT2D eigenvalue weighted by atomic mass is 10.1. The summed E-state index contributed by atoms with van der Waals surface area (Å²) in [5, 5.41) is 12.4. The third-order valence-electron chi connectivity index (χ3n) is 2.83. The van der Waals surface area contributed by atoms with E-state index in [0.717, 1.165) is 11.3 Å². The van der Waals surface area contributed by atoms with Gasteiger partial charge in [-0.2, -0.15) is 0 Å². The summed E-state index contributed by atoms with van der Waals surface area (Å²) >= 11 is 5.82. The average molecular weight is 292 g/mol. The molecule has 0 saturated carbocycles. The van der Waals surface area contributed by atoms with Crippen LogP contribution in [-0.2, 0) is 6.54 Å². The second-order valence-corrected chi connectivity index (χ2v) is 4.61. The summed E-state index contributed by atoms with van der Waals surface area (Å²) in [6.07, 6.45) is 0. The zero-order chi connectivity index (χ0) is 14.5. The van der Waals surface area contributed by atoms with E-state index in [9.17, 15) is 4.79 Å². The first-order valence-corrected chi connectivity index (χ1v) is 6.37. The fourth-order valence-corrected chi connectivity index (χ4v) is 1.98. The molecule has 2 N–H and O–H groups in total. The van der Waals surface area contributed by atoms with Crippen molar-refractivity contribution in [2.45, 2.75) is 6.54 Å². The molecule has 0 saturated heterocycles. The van der Waals surface area contributed by atoms with Gasteiger partial charge in [0, 0.05) is 12.2 Å². The van der Waals surface area contributed by atoms with Crippen molar-refractivity contribution in [3.8, 4) is 5.75 Å². The summed E-state index contributed by atoms with van der Waals surface area (Å²) in [5.74, 6) is -0.258. The maximum Gasteiger partial charge on any atom is 0.337 e. The highest BCUT2D eigenvalue weighted by molar-refractivity contribution is 6.33. The second-order valence-electron chi connectivity index (χ2n) is 4.20. The lowest BCUT2D eigenvalue weighted by molar-refractivity contribution is 0.0697. The molecule has 0 aromatic heterocycles. The number of carbonyl (C=O) groups is 1. The van der Waals surface area contributed by atoms with E-state index in [-0.39, 0.29) is 10.6 Å². The number of carboxylic acids is 1. The molecule has 0 aliphatic rings. The number of hydrogen-bond donors (Lipinski definition) is 2. The zero-order valence-corrected chi connectivity index (χ0v) is 11.6. The van der Waals surface area contributed by atoms with Gasteiger partial charge >= 0.3 is 5.97 Å². The molecule has 0 radical (unpaired) electrons. The molecule has 20 heavy (non-hydrogen) atoms. The molecule has 0 fully saturated rings. The number of methoxy groups -OCH3 is 1. The van der Waals surface area contributed by atoms with Gasteiger partial charge in [-0.15, -0.1) is 0 Å². The molecule has 4 nitrogen and oxygen atoms in total. The van der Waals surface area contributed by atoms with Crippen molar-refractivity contribution < 1.29 is 14.6 Å². The Hall–Kier alpha value is -2.20. The van der Waals surface area contributed by atoms with Crippen LogP contribution in [0.3, 0.4) is 0 Å². The normalized spacial score (nSPS) is 10.1. The van der Waals surface area contributed by atoms with Crippen LogP contribution < -0.4 is 10.1 Å². The first kappa shape index (κ1) is 14.2. The molecule has 2 aromatic rings. The maximum absolute atomic E-state index is 11.0. The summed E-state index contributed by atoms with van der Waals surface area (Å²) in [6.45, 7) is 0.567. The Morgan fingerprint density at radius 2 is 2.10 bits per heavy atom. The molecular formula is C15H14ClNO3. The van der Waals surface area contributed by atoms with Crippen molar-refractivity contribution in [3.63, 3.8) is 0 Å². The summed E-state index contributed by atoms with van der Waals surface area (Å²) in [6, 6.07) is 12.5. The first-order chi connectivity index (χ1) is 9.60. The molecule has 5 heteroatoms. The largest absolute Gasteiger partial charge is 0.497 e. The van der Waals surface area contributed by atoms with Gasteiger partial charge in [0.05, 0.1) is 17.7 Å². The van der Waals surface area contributed by atoms with Crippen LogP contribution in [-0.4, -0.2) is 18.2 Å². The predicted molar refractivity (Wildman–Crippen MR) is 78.7 cm³/mol. The Balaban J connectivity index is 2.10. The molecular weight excluding hydrogens is 278 g/mol. The zero-order valence-electron chi connectivity index (χ0n) is 10.9. The van der Waals surface area contributed by atoms with Crippen molar-refractivity contribution >= 4 is 23.3 Å². The van der Waals surface area contributed by atoms with Crippen LogP contribution >= 0.6 is 11.6 Å².